The summed E-state index contributed by atoms with van der Waals surface area (Å²) in [6.07, 6.45) is 13.9. The number of hydrogen-bond acceptors (Lipinski definition) is 8. The fraction of sp³-hybridized carbons (Fsp3) is 0.367. The molecule has 44 heavy (non-hydrogen) atoms. The van der Waals surface area contributed by atoms with Gasteiger partial charge < -0.3 is 10.0 Å². The Hall–Kier alpha value is -3.30. The Labute approximate surface area is 262 Å². The average molecular weight is 663 g/mol. The molecule has 3 N–H and O–H groups in total. The van der Waals surface area contributed by atoms with Gasteiger partial charge in [-0.3, -0.25) is 13.9 Å². The van der Waals surface area contributed by atoms with E-state index in [1.54, 1.807) is 11.0 Å². The summed E-state index contributed by atoms with van der Waals surface area (Å²) in [4.78, 5) is 17.9. The quantitative estimate of drug-likeness (QED) is 0.108. The van der Waals surface area contributed by atoms with Gasteiger partial charge in [-0.25, -0.2) is 4.57 Å². The first-order valence-electron chi connectivity index (χ1n) is 14.1. The largest absolute Gasteiger partial charge is 0.481 e. The van der Waals surface area contributed by atoms with Crippen molar-refractivity contribution in [2.75, 3.05) is 17.2 Å². The highest BCUT2D eigenvalue weighted by Gasteiger charge is 2.41. The summed E-state index contributed by atoms with van der Waals surface area (Å²) in [6.45, 7) is 5.18. The van der Waals surface area contributed by atoms with E-state index < -0.39 is 32.0 Å². The van der Waals surface area contributed by atoms with Gasteiger partial charge in [0.15, 0.2) is 5.71 Å². The van der Waals surface area contributed by atoms with E-state index in [2.05, 4.69) is 24.5 Å². The van der Waals surface area contributed by atoms with Gasteiger partial charge in [-0.05, 0) is 87.0 Å². The Morgan fingerprint density at radius 2 is 1.82 bits per heavy atom. The van der Waals surface area contributed by atoms with E-state index >= 15 is 0 Å². The smallest absolute Gasteiger partial charge is 0.327 e. The lowest BCUT2D eigenvalue weighted by Gasteiger charge is -2.20. The molecule has 2 aliphatic rings. The summed E-state index contributed by atoms with van der Waals surface area (Å²) in [7, 11) is -8.59. The summed E-state index contributed by atoms with van der Waals surface area (Å²) in [6, 6.07) is 8.31. The van der Waals surface area contributed by atoms with Crippen LogP contribution >= 0.6 is 11.8 Å². The molecule has 0 radical (unpaired) electrons. The first-order valence-corrected chi connectivity index (χ1v) is 17.9. The minimum Gasteiger partial charge on any atom is -0.481 e. The van der Waals surface area contributed by atoms with Gasteiger partial charge in [-0.15, -0.1) is 0 Å². The number of aromatic nitrogens is 1. The number of aliphatic imine (C=N–C) groups is 1. The van der Waals surface area contributed by atoms with Crippen LogP contribution in [0.3, 0.4) is 0 Å². The summed E-state index contributed by atoms with van der Waals surface area (Å²) in [5.74, 6) is -0.328. The molecular formula is C30H36N3O8S3+. The van der Waals surface area contributed by atoms with Crippen LogP contribution in [-0.2, 0) is 37.0 Å². The van der Waals surface area contributed by atoms with Crippen LogP contribution in [0.4, 0.5) is 11.5 Å². The number of carbonyl (C=O) groups is 1. The van der Waals surface area contributed by atoms with Crippen LogP contribution < -0.4 is 9.47 Å². The number of fused-ring (bicyclic) bond motifs is 2. The van der Waals surface area contributed by atoms with Gasteiger partial charge in [0, 0.05) is 17.9 Å². The Morgan fingerprint density at radius 3 is 2.52 bits per heavy atom. The summed E-state index contributed by atoms with van der Waals surface area (Å²) < 4.78 is 66.7. The number of nitrogens with zero attached hydrogens (tertiary/aromatic N) is 3. The van der Waals surface area contributed by atoms with Gasteiger partial charge >= 0.3 is 11.8 Å². The van der Waals surface area contributed by atoms with Crippen molar-refractivity contribution in [2.45, 2.75) is 67.7 Å². The van der Waals surface area contributed by atoms with Crippen LogP contribution in [0.15, 0.2) is 86.7 Å². The second-order valence-corrected chi connectivity index (χ2v) is 15.1. The number of thioether (sulfide) groups is 1. The zero-order valence-corrected chi connectivity index (χ0v) is 26.9. The van der Waals surface area contributed by atoms with Gasteiger partial charge in [0.2, 0.25) is 0 Å². The number of benzene rings is 1. The molecule has 1 aromatic carbocycles. The van der Waals surface area contributed by atoms with Crippen LogP contribution in [0, 0.1) is 0 Å². The molecule has 0 unspecified atom stereocenters. The first kappa shape index (κ1) is 33.6. The molecular weight excluding hydrogens is 627 g/mol. The van der Waals surface area contributed by atoms with Crippen LogP contribution in [0.2, 0.25) is 0 Å². The molecule has 1 aromatic heterocycles. The summed E-state index contributed by atoms with van der Waals surface area (Å²) >= 11 is 1.38. The molecule has 2 aromatic rings. The molecule has 0 bridgehead atoms. The van der Waals surface area contributed by atoms with Gasteiger partial charge in [0.05, 0.1) is 45.1 Å². The fourth-order valence-electron chi connectivity index (χ4n) is 5.06. The molecule has 14 heteroatoms. The van der Waals surface area contributed by atoms with Crippen molar-refractivity contribution in [2.24, 2.45) is 4.99 Å². The lowest BCUT2D eigenvalue weighted by atomic mass is 9.82. The van der Waals surface area contributed by atoms with E-state index in [1.807, 2.05) is 42.6 Å². The maximum absolute atomic E-state index is 11.7. The molecule has 3 heterocycles. The molecule has 0 spiro atoms. The summed E-state index contributed by atoms with van der Waals surface area (Å²) in [5, 5.41) is 9.57. The van der Waals surface area contributed by atoms with Crippen LogP contribution in [0.1, 0.15) is 51.5 Å². The van der Waals surface area contributed by atoms with Gasteiger partial charge in [-0.1, -0.05) is 30.0 Å². The Morgan fingerprint density at radius 1 is 1.05 bits per heavy atom. The highest BCUT2D eigenvalue weighted by Crippen LogP contribution is 2.47. The molecule has 236 valence electrons. The highest BCUT2D eigenvalue weighted by molar-refractivity contribution is 8.03. The molecule has 4 rings (SSSR count). The van der Waals surface area contributed by atoms with Crippen molar-refractivity contribution in [3.05, 3.63) is 77.5 Å². The SMILES string of the molecule is CC1(C)C(/C=C/C=C/C=C2\Sc3ccc(S(=O)(=O)O)cc3N2CCCS(=O)(=O)O)=Nc2c1ccc[n+]2CCCCCC(=O)O. The van der Waals surface area contributed by atoms with E-state index in [4.69, 9.17) is 14.7 Å². The molecule has 2 aliphatic heterocycles. The third-order valence-corrected chi connectivity index (χ3v) is 10.2. The third-order valence-electron chi connectivity index (χ3n) is 7.37. The van der Waals surface area contributed by atoms with Crippen LogP contribution in [0.25, 0.3) is 0 Å². The minimum atomic E-state index is -4.43. The van der Waals surface area contributed by atoms with Crippen molar-refractivity contribution >= 4 is 55.2 Å². The Balaban J connectivity index is 1.49. The lowest BCUT2D eigenvalue weighted by Crippen LogP contribution is -2.34. The third kappa shape index (κ3) is 8.45. The maximum atomic E-state index is 11.7. The topological polar surface area (TPSA) is 166 Å². The second-order valence-electron chi connectivity index (χ2n) is 11.0. The number of carboxylic acids is 1. The van der Waals surface area contributed by atoms with Gasteiger partial charge in [-0.2, -0.15) is 16.8 Å². The normalized spacial score (nSPS) is 17.0. The molecule has 0 saturated heterocycles. The predicted molar refractivity (Wildman–Crippen MR) is 170 cm³/mol. The van der Waals surface area contributed by atoms with Crippen molar-refractivity contribution in [1.82, 2.24) is 0 Å². The zero-order valence-electron chi connectivity index (χ0n) is 24.5. The zero-order chi connectivity index (χ0) is 32.1. The van der Waals surface area contributed by atoms with Crippen molar-refractivity contribution < 1.29 is 40.4 Å². The lowest BCUT2D eigenvalue weighted by molar-refractivity contribution is -0.684. The van der Waals surface area contributed by atoms with Crippen molar-refractivity contribution in [3.8, 4) is 0 Å². The van der Waals surface area contributed by atoms with Crippen LogP contribution in [0.5, 0.6) is 0 Å². The number of anilines is 1. The van der Waals surface area contributed by atoms with Gasteiger partial charge in [0.1, 0.15) is 0 Å². The second kappa shape index (κ2) is 13.8. The number of aryl methyl sites for hydroxylation is 1. The van der Waals surface area contributed by atoms with Crippen molar-refractivity contribution in [1.29, 1.82) is 0 Å². The molecule has 0 atom stereocenters. The number of carboxylic acid groups (broad SMARTS) is 1. The molecule has 11 nitrogen and oxygen atoms in total. The number of allylic oxidation sites excluding steroid dienone is 5. The molecule has 0 fully saturated rings. The van der Waals surface area contributed by atoms with Crippen molar-refractivity contribution in [3.63, 3.8) is 0 Å². The van der Waals surface area contributed by atoms with E-state index in [0.717, 1.165) is 46.4 Å². The minimum absolute atomic E-state index is 0.105. The van der Waals surface area contributed by atoms with Crippen LogP contribution in [-0.4, -0.2) is 55.0 Å². The van der Waals surface area contributed by atoms with E-state index in [0.29, 0.717) is 12.1 Å². The van der Waals surface area contributed by atoms with E-state index in [1.165, 1.54) is 23.9 Å². The molecule has 0 amide bonds. The number of aliphatic carboxylic acids is 1. The molecule has 0 saturated carbocycles. The maximum Gasteiger partial charge on any atom is 0.327 e. The number of rotatable bonds is 14. The predicted octanol–water partition coefficient (Wildman–Crippen LogP) is 5.07. The van der Waals surface area contributed by atoms with E-state index in [-0.39, 0.29) is 29.7 Å². The number of hydrogen-bond donors (Lipinski definition) is 3. The van der Waals surface area contributed by atoms with Gasteiger partial charge in [0.25, 0.3) is 20.2 Å². The number of pyridine rings is 1. The number of unbranched alkanes of at least 4 members (excludes halogenated alkanes) is 2. The Bertz CT molecular complexity index is 1760. The first-order chi connectivity index (χ1) is 20.7. The average Bonchev–Trinajstić information content (AvgIpc) is 3.40. The summed E-state index contributed by atoms with van der Waals surface area (Å²) in [5.41, 5.74) is 2.21. The monoisotopic (exact) mass is 662 g/mol. The standard InChI is InChI=1S/C30H35N3O8S3/c1-30(2)23-11-9-18-32(17-8-4-7-14-28(34)35)29(23)31-26(30)12-5-3-6-13-27-33(19-10-20-43(36,37)38)24-21-22(44(39,40)41)15-16-25(24)42-27/h3,5-6,9,11-13,15-16,18,21H,4,7-8,10,14,17,19-20H2,1-2H3,(H2-,34,35,36,37,38,39,40,41)/p+1. The van der Waals surface area contributed by atoms with E-state index in [9.17, 15) is 26.2 Å². The molecule has 0 aliphatic carbocycles. The Kier molecular flexibility index (Phi) is 10.5. The highest BCUT2D eigenvalue weighted by atomic mass is 32.2. The fourth-order valence-corrected chi connectivity index (χ4v) is 7.13.